The maximum absolute atomic E-state index is 5.90. The largest absolute Gasteiger partial charge is 0.444 e. The minimum absolute atomic E-state index is 0.546. The molecule has 2 rings (SSSR count). The first-order valence-corrected chi connectivity index (χ1v) is 6.49. The lowest BCUT2D eigenvalue weighted by molar-refractivity contribution is 0.466. The van der Waals surface area contributed by atoms with Gasteiger partial charge in [-0.3, -0.25) is 0 Å². The number of aromatic nitrogens is 1. The Morgan fingerprint density at radius 1 is 1.47 bits per heavy atom. The van der Waals surface area contributed by atoms with E-state index in [0.717, 1.165) is 27.1 Å². The molecule has 0 radical (unpaired) electrons. The second-order valence-electron chi connectivity index (χ2n) is 3.66. The first kappa shape index (κ1) is 12.2. The van der Waals surface area contributed by atoms with Gasteiger partial charge in [-0.05, 0) is 40.8 Å². The molecule has 1 aromatic heterocycles. The number of halogens is 1. The summed E-state index contributed by atoms with van der Waals surface area (Å²) in [7, 11) is 0. The summed E-state index contributed by atoms with van der Waals surface area (Å²) in [5.41, 5.74) is 7.54. The summed E-state index contributed by atoms with van der Waals surface area (Å²) in [5.74, 6) is 1.58. The fourth-order valence-corrected chi connectivity index (χ4v) is 1.97. The number of nitrogens with zero attached hydrogens (tertiary/aromatic N) is 1. The van der Waals surface area contributed by atoms with Crippen molar-refractivity contribution in [1.82, 2.24) is 4.98 Å². The van der Waals surface area contributed by atoms with E-state index in [1.54, 1.807) is 6.20 Å². The van der Waals surface area contributed by atoms with Gasteiger partial charge in [-0.2, -0.15) is 0 Å². The van der Waals surface area contributed by atoms with Crippen LogP contribution in [-0.4, -0.2) is 4.98 Å². The van der Waals surface area contributed by atoms with Gasteiger partial charge in [-0.15, -0.1) is 0 Å². The summed E-state index contributed by atoms with van der Waals surface area (Å²) in [5, 5.41) is 3.21. The highest BCUT2D eigenvalue weighted by Gasteiger charge is 2.04. The first-order chi connectivity index (χ1) is 8.19. The van der Waals surface area contributed by atoms with Crippen LogP contribution in [0.2, 0.25) is 0 Å². The zero-order chi connectivity index (χ0) is 12.3. The molecule has 3 N–H and O–H groups in total. The van der Waals surface area contributed by atoms with Crippen LogP contribution in [0.5, 0.6) is 0 Å². The van der Waals surface area contributed by atoms with Gasteiger partial charge in [0.1, 0.15) is 5.76 Å². The Hall–Kier alpha value is -1.24. The molecule has 17 heavy (non-hydrogen) atoms. The highest BCUT2D eigenvalue weighted by molar-refractivity contribution is 14.1. The Balaban J connectivity index is 2.02. The van der Waals surface area contributed by atoms with Crippen molar-refractivity contribution in [2.24, 2.45) is 0 Å². The predicted molar refractivity (Wildman–Crippen MR) is 76.8 cm³/mol. The fourth-order valence-electron chi connectivity index (χ4n) is 1.46. The standard InChI is InChI=1S/C12H14IN3O/c1-2-9-6-16-12(17-9)7-15-11-4-3-8(13)5-10(11)14/h3-6,15H,2,7,14H2,1H3. The molecule has 0 fully saturated rings. The van der Waals surface area contributed by atoms with Crippen LogP contribution < -0.4 is 11.1 Å². The number of nitrogens with one attached hydrogen (secondary N) is 1. The van der Waals surface area contributed by atoms with Crippen LogP contribution in [0.4, 0.5) is 11.4 Å². The molecule has 0 saturated heterocycles. The molecule has 2 aromatic rings. The molecule has 1 heterocycles. The molecule has 0 aliphatic carbocycles. The van der Waals surface area contributed by atoms with Gasteiger partial charge < -0.3 is 15.5 Å². The molecule has 0 amide bonds. The predicted octanol–water partition coefficient (Wildman–Crippen LogP) is 3.04. The number of oxazole rings is 1. The number of nitrogens with two attached hydrogens (primary N) is 1. The van der Waals surface area contributed by atoms with Gasteiger partial charge in [0, 0.05) is 9.99 Å². The summed E-state index contributed by atoms with van der Waals surface area (Å²) in [4.78, 5) is 4.18. The van der Waals surface area contributed by atoms with Crippen molar-refractivity contribution in [3.8, 4) is 0 Å². The summed E-state index contributed by atoms with van der Waals surface area (Å²) < 4.78 is 6.62. The molecule has 5 heteroatoms. The summed E-state index contributed by atoms with van der Waals surface area (Å²) in [6.07, 6.45) is 2.62. The van der Waals surface area contributed by atoms with Gasteiger partial charge in [0.25, 0.3) is 0 Å². The molecule has 0 atom stereocenters. The van der Waals surface area contributed by atoms with Crippen LogP contribution in [0.15, 0.2) is 28.8 Å². The van der Waals surface area contributed by atoms with Gasteiger partial charge in [0.05, 0.1) is 24.1 Å². The SMILES string of the molecule is CCc1cnc(CNc2ccc(I)cc2N)o1. The van der Waals surface area contributed by atoms with Crippen LogP contribution in [0.3, 0.4) is 0 Å². The van der Waals surface area contributed by atoms with Crippen LogP contribution in [0.1, 0.15) is 18.6 Å². The Bertz CT molecular complexity index is 510. The molecular weight excluding hydrogens is 329 g/mol. The van der Waals surface area contributed by atoms with Crippen LogP contribution in [-0.2, 0) is 13.0 Å². The molecule has 0 aliphatic heterocycles. The topological polar surface area (TPSA) is 64.1 Å². The minimum Gasteiger partial charge on any atom is -0.444 e. The quantitative estimate of drug-likeness (QED) is 0.662. The lowest BCUT2D eigenvalue weighted by atomic mass is 10.3. The Kier molecular flexibility index (Phi) is 3.88. The van der Waals surface area contributed by atoms with Gasteiger partial charge in [-0.25, -0.2) is 4.98 Å². The van der Waals surface area contributed by atoms with Gasteiger partial charge in [0.2, 0.25) is 5.89 Å². The lowest BCUT2D eigenvalue weighted by Crippen LogP contribution is -2.02. The van der Waals surface area contributed by atoms with E-state index in [1.807, 2.05) is 25.1 Å². The van der Waals surface area contributed by atoms with Crippen molar-refractivity contribution >= 4 is 34.0 Å². The van der Waals surface area contributed by atoms with E-state index in [0.29, 0.717) is 12.4 Å². The molecule has 0 aliphatic rings. The average molecular weight is 343 g/mol. The van der Waals surface area contributed by atoms with Crippen molar-refractivity contribution in [3.05, 3.63) is 39.6 Å². The molecule has 90 valence electrons. The number of hydrogen-bond acceptors (Lipinski definition) is 4. The number of hydrogen-bond donors (Lipinski definition) is 2. The van der Waals surface area contributed by atoms with Crippen LogP contribution >= 0.6 is 22.6 Å². The zero-order valence-corrected chi connectivity index (χ0v) is 11.7. The Labute approximate surface area is 114 Å². The average Bonchev–Trinajstić information content (AvgIpc) is 2.76. The van der Waals surface area contributed by atoms with E-state index in [1.165, 1.54) is 0 Å². The fraction of sp³-hybridized carbons (Fsp3) is 0.250. The Morgan fingerprint density at radius 2 is 2.29 bits per heavy atom. The smallest absolute Gasteiger partial charge is 0.213 e. The molecule has 0 spiro atoms. The van der Waals surface area contributed by atoms with Crippen molar-refractivity contribution in [1.29, 1.82) is 0 Å². The van der Waals surface area contributed by atoms with Crippen molar-refractivity contribution in [3.63, 3.8) is 0 Å². The minimum atomic E-state index is 0.546. The van der Waals surface area contributed by atoms with E-state index in [2.05, 4.69) is 32.9 Å². The van der Waals surface area contributed by atoms with Crippen LogP contribution in [0.25, 0.3) is 0 Å². The summed E-state index contributed by atoms with van der Waals surface area (Å²) in [6.45, 7) is 2.58. The molecule has 1 aromatic carbocycles. The van der Waals surface area contributed by atoms with Gasteiger partial charge in [0.15, 0.2) is 0 Å². The third kappa shape index (κ3) is 3.12. The van der Waals surface area contributed by atoms with Gasteiger partial charge >= 0.3 is 0 Å². The van der Waals surface area contributed by atoms with E-state index < -0.39 is 0 Å². The van der Waals surface area contributed by atoms with Gasteiger partial charge in [-0.1, -0.05) is 6.92 Å². The zero-order valence-electron chi connectivity index (χ0n) is 9.53. The molecular formula is C12H14IN3O. The van der Waals surface area contributed by atoms with Crippen molar-refractivity contribution in [2.75, 3.05) is 11.1 Å². The maximum atomic E-state index is 5.90. The highest BCUT2D eigenvalue weighted by Crippen LogP contribution is 2.21. The lowest BCUT2D eigenvalue weighted by Gasteiger charge is -2.07. The number of anilines is 2. The van der Waals surface area contributed by atoms with E-state index >= 15 is 0 Å². The summed E-state index contributed by atoms with van der Waals surface area (Å²) in [6, 6.07) is 5.89. The van der Waals surface area contributed by atoms with Crippen molar-refractivity contribution in [2.45, 2.75) is 19.9 Å². The number of benzene rings is 1. The molecule has 0 unspecified atom stereocenters. The monoisotopic (exact) mass is 343 g/mol. The molecule has 4 nitrogen and oxygen atoms in total. The third-order valence-corrected chi connectivity index (χ3v) is 3.06. The normalized spacial score (nSPS) is 10.5. The number of aryl methyl sites for hydroxylation is 1. The second kappa shape index (κ2) is 5.39. The second-order valence-corrected chi connectivity index (χ2v) is 4.90. The van der Waals surface area contributed by atoms with Crippen molar-refractivity contribution < 1.29 is 4.42 Å². The van der Waals surface area contributed by atoms with Crippen LogP contribution in [0, 0.1) is 3.57 Å². The summed E-state index contributed by atoms with van der Waals surface area (Å²) >= 11 is 2.23. The molecule has 0 bridgehead atoms. The number of rotatable bonds is 4. The first-order valence-electron chi connectivity index (χ1n) is 5.41. The van der Waals surface area contributed by atoms with E-state index in [4.69, 9.17) is 10.2 Å². The Morgan fingerprint density at radius 3 is 2.94 bits per heavy atom. The number of nitrogen functional groups attached to an aromatic ring is 1. The maximum Gasteiger partial charge on any atom is 0.213 e. The van der Waals surface area contributed by atoms with E-state index in [9.17, 15) is 0 Å². The van der Waals surface area contributed by atoms with E-state index in [-0.39, 0.29) is 0 Å². The highest BCUT2D eigenvalue weighted by atomic mass is 127. The third-order valence-electron chi connectivity index (χ3n) is 2.39. The molecule has 0 saturated carbocycles.